The van der Waals surface area contributed by atoms with Gasteiger partial charge in [-0.15, -0.1) is 11.3 Å². The number of nitrogens with one attached hydrogen (secondary N) is 1. The number of anilines is 1. The molecule has 1 N–H and O–H groups in total. The van der Waals surface area contributed by atoms with Crippen molar-refractivity contribution in [1.29, 1.82) is 0 Å². The highest BCUT2D eigenvalue weighted by molar-refractivity contribution is 7.15. The van der Waals surface area contributed by atoms with Crippen molar-refractivity contribution in [3.63, 3.8) is 0 Å². The van der Waals surface area contributed by atoms with Gasteiger partial charge in [-0.1, -0.05) is 17.3 Å². The molecule has 3 heterocycles. The molecule has 0 radical (unpaired) electrons. The van der Waals surface area contributed by atoms with Crippen LogP contribution in [0.5, 0.6) is 0 Å². The van der Waals surface area contributed by atoms with Crippen molar-refractivity contribution < 1.29 is 13.7 Å². The Labute approximate surface area is 157 Å². The lowest BCUT2D eigenvalue weighted by atomic mass is 10.1. The highest BCUT2D eigenvalue weighted by atomic mass is 32.1. The summed E-state index contributed by atoms with van der Waals surface area (Å²) in [6, 6.07) is 7.84. The maximum Gasteiger partial charge on any atom is 0.279 e. The first-order chi connectivity index (χ1) is 13.1. The molecule has 0 aliphatic heterocycles. The van der Waals surface area contributed by atoms with Crippen LogP contribution in [0.15, 0.2) is 53.4 Å². The Kier molecular flexibility index (Phi) is 4.51. The van der Waals surface area contributed by atoms with Crippen LogP contribution >= 0.6 is 11.3 Å². The zero-order valence-electron chi connectivity index (χ0n) is 14.2. The second-order valence-corrected chi connectivity index (χ2v) is 6.98. The molecule has 0 unspecified atom stereocenters. The standard InChI is InChI=1S/C18H14FN5O2S/c1-24-10-12(8-21-24)16-7-15(23-26-16)17(25)22-18-20-9-14(27-18)6-11-2-4-13(19)5-3-11/h2-5,7-10H,6H2,1H3,(H,20,22,25). The van der Waals surface area contributed by atoms with Crippen molar-refractivity contribution in [1.82, 2.24) is 19.9 Å². The summed E-state index contributed by atoms with van der Waals surface area (Å²) in [6.45, 7) is 0. The molecule has 136 valence electrons. The summed E-state index contributed by atoms with van der Waals surface area (Å²) in [5, 5.41) is 11.0. The smallest absolute Gasteiger partial charge is 0.279 e. The van der Waals surface area contributed by atoms with Crippen molar-refractivity contribution in [3.8, 4) is 11.3 Å². The number of halogens is 1. The van der Waals surface area contributed by atoms with E-state index in [1.807, 2.05) is 0 Å². The fraction of sp³-hybridized carbons (Fsp3) is 0.111. The van der Waals surface area contributed by atoms with Crippen molar-refractivity contribution in [3.05, 3.63) is 70.9 Å². The van der Waals surface area contributed by atoms with Gasteiger partial charge < -0.3 is 4.52 Å². The first-order valence-corrected chi connectivity index (χ1v) is 8.85. The van der Waals surface area contributed by atoms with Crippen molar-refractivity contribution in [2.24, 2.45) is 7.05 Å². The molecular weight excluding hydrogens is 369 g/mol. The van der Waals surface area contributed by atoms with E-state index >= 15 is 0 Å². The topological polar surface area (TPSA) is 85.8 Å². The number of aromatic nitrogens is 4. The monoisotopic (exact) mass is 383 g/mol. The van der Waals surface area contributed by atoms with Gasteiger partial charge in [-0.25, -0.2) is 9.37 Å². The van der Waals surface area contributed by atoms with Crippen molar-refractivity contribution in [2.45, 2.75) is 6.42 Å². The number of carbonyl (C=O) groups excluding carboxylic acids is 1. The van der Waals surface area contributed by atoms with Gasteiger partial charge >= 0.3 is 0 Å². The number of hydrogen-bond acceptors (Lipinski definition) is 6. The van der Waals surface area contributed by atoms with Crippen LogP contribution in [0.4, 0.5) is 9.52 Å². The molecule has 0 atom stereocenters. The second-order valence-electron chi connectivity index (χ2n) is 5.87. The molecular formula is C18H14FN5O2S. The molecule has 1 amide bonds. The van der Waals surface area contributed by atoms with Crippen LogP contribution in [-0.2, 0) is 13.5 Å². The van der Waals surface area contributed by atoms with Crippen LogP contribution in [0.2, 0.25) is 0 Å². The summed E-state index contributed by atoms with van der Waals surface area (Å²) in [6.07, 6.45) is 5.70. The molecule has 0 fully saturated rings. The lowest BCUT2D eigenvalue weighted by molar-refractivity contribution is 0.101. The van der Waals surface area contributed by atoms with E-state index in [0.29, 0.717) is 17.3 Å². The van der Waals surface area contributed by atoms with Gasteiger partial charge in [-0.3, -0.25) is 14.8 Å². The number of thiazole rings is 1. The second kappa shape index (κ2) is 7.12. The van der Waals surface area contributed by atoms with E-state index in [1.165, 1.54) is 23.5 Å². The van der Waals surface area contributed by atoms with Crippen LogP contribution in [0.1, 0.15) is 20.9 Å². The van der Waals surface area contributed by atoms with Crippen LogP contribution in [0, 0.1) is 5.82 Å². The Morgan fingerprint density at radius 3 is 2.85 bits per heavy atom. The molecule has 27 heavy (non-hydrogen) atoms. The normalized spacial score (nSPS) is 10.9. The summed E-state index contributed by atoms with van der Waals surface area (Å²) in [4.78, 5) is 17.5. The zero-order valence-corrected chi connectivity index (χ0v) is 15.0. The van der Waals surface area contributed by atoms with Gasteiger partial charge in [-0.2, -0.15) is 5.10 Å². The Morgan fingerprint density at radius 1 is 1.30 bits per heavy atom. The van der Waals surface area contributed by atoms with Gasteiger partial charge in [0.15, 0.2) is 16.6 Å². The molecule has 4 aromatic rings. The summed E-state index contributed by atoms with van der Waals surface area (Å²) in [7, 11) is 1.79. The maximum atomic E-state index is 13.0. The minimum Gasteiger partial charge on any atom is -0.355 e. The molecule has 3 aromatic heterocycles. The fourth-order valence-corrected chi connectivity index (χ4v) is 3.32. The van der Waals surface area contributed by atoms with E-state index in [1.54, 1.807) is 48.5 Å². The third-order valence-electron chi connectivity index (χ3n) is 3.80. The van der Waals surface area contributed by atoms with Crippen LogP contribution in [-0.4, -0.2) is 25.8 Å². The molecule has 0 bridgehead atoms. The van der Waals surface area contributed by atoms with E-state index in [4.69, 9.17) is 4.52 Å². The molecule has 4 rings (SSSR count). The molecule has 0 aliphatic carbocycles. The number of benzene rings is 1. The SMILES string of the molecule is Cn1cc(-c2cc(C(=O)Nc3ncc(Cc4ccc(F)cc4)s3)no2)cn1. The van der Waals surface area contributed by atoms with Crippen molar-refractivity contribution >= 4 is 22.4 Å². The number of carbonyl (C=O) groups is 1. The average Bonchev–Trinajstić information content (AvgIpc) is 3.38. The lowest BCUT2D eigenvalue weighted by Crippen LogP contribution is -2.11. The number of amides is 1. The van der Waals surface area contributed by atoms with Crippen LogP contribution in [0.25, 0.3) is 11.3 Å². The number of aryl methyl sites for hydroxylation is 1. The van der Waals surface area contributed by atoms with Crippen molar-refractivity contribution in [2.75, 3.05) is 5.32 Å². The average molecular weight is 383 g/mol. The maximum absolute atomic E-state index is 13.0. The Balaban J connectivity index is 1.42. The van der Waals surface area contributed by atoms with Gasteiger partial charge in [0.1, 0.15) is 5.82 Å². The fourth-order valence-electron chi connectivity index (χ4n) is 2.48. The van der Waals surface area contributed by atoms with Gasteiger partial charge in [-0.05, 0) is 17.7 Å². The summed E-state index contributed by atoms with van der Waals surface area (Å²) in [5.41, 5.74) is 1.86. The first kappa shape index (κ1) is 17.1. The molecule has 9 heteroatoms. The molecule has 0 spiro atoms. The highest BCUT2D eigenvalue weighted by Crippen LogP contribution is 2.23. The Hall–Kier alpha value is -3.33. The Bertz CT molecular complexity index is 1080. The van der Waals surface area contributed by atoms with E-state index < -0.39 is 5.91 Å². The largest absolute Gasteiger partial charge is 0.355 e. The summed E-state index contributed by atoms with van der Waals surface area (Å²) < 4.78 is 19.8. The third-order valence-corrected chi connectivity index (χ3v) is 4.71. The molecule has 0 aliphatic rings. The predicted molar refractivity (Wildman–Crippen MR) is 98.0 cm³/mol. The highest BCUT2D eigenvalue weighted by Gasteiger charge is 2.16. The summed E-state index contributed by atoms with van der Waals surface area (Å²) in [5.74, 6) is -0.213. The van der Waals surface area contributed by atoms with Gasteiger partial charge in [0.05, 0.1) is 11.8 Å². The van der Waals surface area contributed by atoms with Crippen LogP contribution < -0.4 is 5.32 Å². The van der Waals surface area contributed by atoms with E-state index in [9.17, 15) is 9.18 Å². The van der Waals surface area contributed by atoms with E-state index in [-0.39, 0.29) is 11.5 Å². The Morgan fingerprint density at radius 2 is 2.11 bits per heavy atom. The third kappa shape index (κ3) is 3.93. The number of nitrogens with zero attached hydrogens (tertiary/aromatic N) is 4. The molecule has 0 saturated carbocycles. The quantitative estimate of drug-likeness (QED) is 0.570. The lowest BCUT2D eigenvalue weighted by Gasteiger charge is -1.98. The van der Waals surface area contributed by atoms with Gasteiger partial charge in [0.25, 0.3) is 5.91 Å². The van der Waals surface area contributed by atoms with Gasteiger partial charge in [0, 0.05) is 36.8 Å². The van der Waals surface area contributed by atoms with E-state index in [2.05, 4.69) is 20.6 Å². The first-order valence-electron chi connectivity index (χ1n) is 8.03. The molecule has 0 saturated heterocycles. The summed E-state index contributed by atoms with van der Waals surface area (Å²) >= 11 is 1.35. The number of hydrogen-bond donors (Lipinski definition) is 1. The van der Waals surface area contributed by atoms with Crippen LogP contribution in [0.3, 0.4) is 0 Å². The molecule has 7 nitrogen and oxygen atoms in total. The van der Waals surface area contributed by atoms with E-state index in [0.717, 1.165) is 16.0 Å². The minimum absolute atomic E-state index is 0.157. The zero-order chi connectivity index (χ0) is 18.8. The molecule has 1 aromatic carbocycles. The number of rotatable bonds is 5. The predicted octanol–water partition coefficient (Wildman–Crippen LogP) is 3.51. The van der Waals surface area contributed by atoms with Gasteiger partial charge in [0.2, 0.25) is 0 Å². The minimum atomic E-state index is -0.406.